The molecule has 0 saturated heterocycles. The van der Waals surface area contributed by atoms with Gasteiger partial charge in [-0.05, 0) is 24.3 Å². The van der Waals surface area contributed by atoms with Gasteiger partial charge in [0.25, 0.3) is 0 Å². The molecule has 0 bridgehead atoms. The van der Waals surface area contributed by atoms with Crippen LogP contribution in [0.4, 0.5) is 11.4 Å². The molecular formula is C15H16N2O3. The van der Waals surface area contributed by atoms with Gasteiger partial charge in [-0.15, -0.1) is 0 Å². The number of hydrogen-bond acceptors (Lipinski definition) is 4. The molecule has 0 radical (unpaired) electrons. The number of carbonyl (C=O) groups is 1. The van der Waals surface area contributed by atoms with E-state index in [4.69, 9.17) is 15.2 Å². The summed E-state index contributed by atoms with van der Waals surface area (Å²) in [5.74, 6) is 0.820. The molecule has 0 fully saturated rings. The fraction of sp³-hybridized carbons (Fsp3) is 0.133. The second-order valence-electron chi connectivity index (χ2n) is 4.12. The first-order valence-corrected chi connectivity index (χ1v) is 6.11. The first kappa shape index (κ1) is 13.9. The lowest BCUT2D eigenvalue weighted by Crippen LogP contribution is -2.17. The van der Waals surface area contributed by atoms with E-state index in [9.17, 15) is 4.79 Å². The fourth-order valence-corrected chi connectivity index (χ4v) is 1.67. The molecule has 0 heterocycles. The van der Waals surface area contributed by atoms with Gasteiger partial charge in [0, 0.05) is 7.11 Å². The molecule has 0 spiro atoms. The minimum Gasteiger partial charge on any atom is -0.453 e. The Kier molecular flexibility index (Phi) is 4.57. The highest BCUT2D eigenvalue weighted by Gasteiger charge is 2.09. The second kappa shape index (κ2) is 6.58. The summed E-state index contributed by atoms with van der Waals surface area (Å²) in [6, 6.07) is 14.3. The Morgan fingerprint density at radius 3 is 2.45 bits per heavy atom. The van der Waals surface area contributed by atoms with Crippen LogP contribution in [0.5, 0.6) is 11.5 Å². The number of benzene rings is 2. The van der Waals surface area contributed by atoms with Gasteiger partial charge in [0.15, 0.2) is 5.75 Å². The van der Waals surface area contributed by atoms with Crippen molar-refractivity contribution in [3.8, 4) is 11.5 Å². The lowest BCUT2D eigenvalue weighted by molar-refractivity contribution is -0.119. The molecular weight excluding hydrogens is 256 g/mol. The Morgan fingerprint density at radius 1 is 1.10 bits per heavy atom. The molecule has 104 valence electrons. The molecule has 0 aromatic heterocycles. The molecule has 5 heteroatoms. The van der Waals surface area contributed by atoms with Gasteiger partial charge < -0.3 is 20.5 Å². The molecule has 3 N–H and O–H groups in total. The van der Waals surface area contributed by atoms with E-state index in [0.29, 0.717) is 22.9 Å². The zero-order valence-electron chi connectivity index (χ0n) is 11.1. The molecule has 0 aliphatic rings. The van der Waals surface area contributed by atoms with Crippen LogP contribution in [0.25, 0.3) is 0 Å². The van der Waals surface area contributed by atoms with E-state index in [0.717, 1.165) is 0 Å². The predicted octanol–water partition coefficient (Wildman–Crippen LogP) is 2.65. The summed E-state index contributed by atoms with van der Waals surface area (Å²) in [4.78, 5) is 11.6. The first-order valence-electron chi connectivity index (χ1n) is 6.11. The van der Waals surface area contributed by atoms with E-state index in [1.165, 1.54) is 7.11 Å². The normalized spacial score (nSPS) is 10.1. The summed E-state index contributed by atoms with van der Waals surface area (Å²) >= 11 is 0. The van der Waals surface area contributed by atoms with Crippen molar-refractivity contribution < 1.29 is 14.3 Å². The number of ether oxygens (including phenoxy) is 2. The van der Waals surface area contributed by atoms with Gasteiger partial charge in [-0.1, -0.05) is 24.3 Å². The molecule has 20 heavy (non-hydrogen) atoms. The van der Waals surface area contributed by atoms with Crippen LogP contribution >= 0.6 is 0 Å². The van der Waals surface area contributed by atoms with E-state index in [-0.39, 0.29) is 12.5 Å². The van der Waals surface area contributed by atoms with Gasteiger partial charge in [-0.3, -0.25) is 4.79 Å². The van der Waals surface area contributed by atoms with Crippen molar-refractivity contribution in [2.75, 3.05) is 24.8 Å². The lowest BCUT2D eigenvalue weighted by atomic mass is 10.2. The van der Waals surface area contributed by atoms with E-state index in [2.05, 4.69) is 5.32 Å². The topological polar surface area (TPSA) is 73.6 Å². The third kappa shape index (κ3) is 3.49. The maximum absolute atomic E-state index is 11.6. The molecule has 0 saturated carbocycles. The van der Waals surface area contributed by atoms with E-state index >= 15 is 0 Å². The number of para-hydroxylation sites is 4. The van der Waals surface area contributed by atoms with E-state index < -0.39 is 0 Å². The number of nitrogens with two attached hydrogens (primary N) is 1. The van der Waals surface area contributed by atoms with Crippen LogP contribution in [-0.4, -0.2) is 19.6 Å². The Bertz CT molecular complexity index is 599. The monoisotopic (exact) mass is 272 g/mol. The van der Waals surface area contributed by atoms with Crippen LogP contribution in [0, 0.1) is 0 Å². The largest absolute Gasteiger partial charge is 0.453 e. The number of amides is 1. The highest BCUT2D eigenvalue weighted by molar-refractivity contribution is 5.93. The Labute approximate surface area is 117 Å². The summed E-state index contributed by atoms with van der Waals surface area (Å²) < 4.78 is 10.5. The highest BCUT2D eigenvalue weighted by atomic mass is 16.5. The highest BCUT2D eigenvalue weighted by Crippen LogP contribution is 2.32. The number of hydrogen-bond donors (Lipinski definition) is 2. The van der Waals surface area contributed by atoms with Crippen LogP contribution < -0.4 is 15.8 Å². The standard InChI is InChI=1S/C15H16N2O3/c1-19-10-15(18)17-12-7-3-5-9-14(12)20-13-8-4-2-6-11(13)16/h2-9H,10,16H2,1H3,(H,17,18). The minimum absolute atomic E-state index is 0.0121. The molecule has 2 aromatic carbocycles. The fourth-order valence-electron chi connectivity index (χ4n) is 1.67. The quantitative estimate of drug-likeness (QED) is 0.821. The number of nitrogen functional groups attached to an aromatic ring is 1. The van der Waals surface area contributed by atoms with Crippen molar-refractivity contribution >= 4 is 17.3 Å². The second-order valence-corrected chi connectivity index (χ2v) is 4.12. The zero-order valence-corrected chi connectivity index (χ0v) is 11.1. The molecule has 1 amide bonds. The molecule has 2 aromatic rings. The van der Waals surface area contributed by atoms with Gasteiger partial charge in [0.2, 0.25) is 5.91 Å². The van der Waals surface area contributed by atoms with E-state index in [1.54, 1.807) is 24.3 Å². The van der Waals surface area contributed by atoms with Crippen LogP contribution in [0.3, 0.4) is 0 Å². The predicted molar refractivity (Wildman–Crippen MR) is 77.9 cm³/mol. The van der Waals surface area contributed by atoms with Crippen molar-refractivity contribution in [1.29, 1.82) is 0 Å². The zero-order chi connectivity index (χ0) is 14.4. The van der Waals surface area contributed by atoms with Crippen LogP contribution in [0.1, 0.15) is 0 Å². The lowest BCUT2D eigenvalue weighted by Gasteiger charge is -2.13. The summed E-state index contributed by atoms with van der Waals surface area (Å²) in [7, 11) is 1.46. The first-order chi connectivity index (χ1) is 9.70. The average Bonchev–Trinajstić information content (AvgIpc) is 2.44. The summed E-state index contributed by atoms with van der Waals surface area (Å²) in [6.07, 6.45) is 0. The van der Waals surface area contributed by atoms with Crippen molar-refractivity contribution in [2.24, 2.45) is 0 Å². The number of nitrogens with one attached hydrogen (secondary N) is 1. The average molecular weight is 272 g/mol. The van der Waals surface area contributed by atoms with Crippen LogP contribution in [0.15, 0.2) is 48.5 Å². The molecule has 0 aliphatic carbocycles. The van der Waals surface area contributed by atoms with Crippen LogP contribution in [-0.2, 0) is 9.53 Å². The summed E-state index contributed by atoms with van der Waals surface area (Å²) in [6.45, 7) is -0.0121. The smallest absolute Gasteiger partial charge is 0.250 e. The molecule has 0 aliphatic heterocycles. The third-order valence-electron chi connectivity index (χ3n) is 2.58. The maximum atomic E-state index is 11.6. The van der Waals surface area contributed by atoms with Gasteiger partial charge in [0.05, 0.1) is 11.4 Å². The van der Waals surface area contributed by atoms with Crippen LogP contribution in [0.2, 0.25) is 0 Å². The molecule has 0 unspecified atom stereocenters. The minimum atomic E-state index is -0.246. The Balaban J connectivity index is 2.20. The summed E-state index contributed by atoms with van der Waals surface area (Å²) in [5.41, 5.74) is 6.94. The van der Waals surface area contributed by atoms with Gasteiger partial charge in [-0.2, -0.15) is 0 Å². The van der Waals surface area contributed by atoms with Crippen molar-refractivity contribution in [3.05, 3.63) is 48.5 Å². The van der Waals surface area contributed by atoms with E-state index in [1.807, 2.05) is 24.3 Å². The number of carbonyl (C=O) groups excluding carboxylic acids is 1. The van der Waals surface area contributed by atoms with Gasteiger partial charge in [0.1, 0.15) is 12.4 Å². The van der Waals surface area contributed by atoms with Gasteiger partial charge in [-0.25, -0.2) is 0 Å². The summed E-state index contributed by atoms with van der Waals surface area (Å²) in [5, 5.41) is 2.72. The van der Waals surface area contributed by atoms with Crippen molar-refractivity contribution in [1.82, 2.24) is 0 Å². The Hall–Kier alpha value is -2.53. The molecule has 0 atom stereocenters. The van der Waals surface area contributed by atoms with Crippen molar-refractivity contribution in [2.45, 2.75) is 0 Å². The van der Waals surface area contributed by atoms with Crippen molar-refractivity contribution in [3.63, 3.8) is 0 Å². The number of methoxy groups -OCH3 is 1. The molecule has 5 nitrogen and oxygen atoms in total. The number of rotatable bonds is 5. The molecule has 2 rings (SSSR count). The van der Waals surface area contributed by atoms with Gasteiger partial charge >= 0.3 is 0 Å². The SMILES string of the molecule is COCC(=O)Nc1ccccc1Oc1ccccc1N. The number of anilines is 2. The Morgan fingerprint density at radius 2 is 1.75 bits per heavy atom. The third-order valence-corrected chi connectivity index (χ3v) is 2.58. The maximum Gasteiger partial charge on any atom is 0.250 e.